The molecule has 11 heteroatoms. The van der Waals surface area contributed by atoms with Gasteiger partial charge in [0.25, 0.3) is 0 Å². The van der Waals surface area contributed by atoms with E-state index in [2.05, 4.69) is 25.5 Å². The summed E-state index contributed by atoms with van der Waals surface area (Å²) in [6.07, 6.45) is -4.43. The second-order valence-corrected chi connectivity index (χ2v) is 7.61. The first-order valence-electron chi connectivity index (χ1n) is 8.66. The third kappa shape index (κ3) is 8.27. The van der Waals surface area contributed by atoms with Crippen LogP contribution in [0.15, 0.2) is 34.6 Å². The number of benzene rings is 1. The molecule has 0 aliphatic rings. The van der Waals surface area contributed by atoms with Gasteiger partial charge in [-0.25, -0.2) is 9.98 Å². The molecule has 1 heterocycles. The largest absolute Gasteiger partial charge is 0.434 e. The second kappa shape index (κ2) is 11.9. The monoisotopic (exact) mass is 561 g/mol. The van der Waals surface area contributed by atoms with Crippen LogP contribution in [0.1, 0.15) is 29.2 Å². The standard InChI is InChI=1S/C18H23ClF3N5S.HI/c1-4-23-17(25-10-16-26-15(11-28-16)18(20,21)22)24-9-14(27(2)3)12-5-7-13(19)8-6-12;/h5-8,11,14H,4,9-10H2,1-3H3,(H2,23,24,25);1H. The van der Waals surface area contributed by atoms with Gasteiger partial charge in [-0.15, -0.1) is 35.3 Å². The lowest BCUT2D eigenvalue weighted by Gasteiger charge is -2.26. The first-order valence-corrected chi connectivity index (χ1v) is 9.92. The van der Waals surface area contributed by atoms with E-state index in [-0.39, 0.29) is 36.6 Å². The van der Waals surface area contributed by atoms with Crippen LogP contribution in [0.25, 0.3) is 0 Å². The molecule has 2 N–H and O–H groups in total. The number of guanidine groups is 1. The molecule has 0 bridgehead atoms. The Balaban J connectivity index is 0.00000420. The summed E-state index contributed by atoms with van der Waals surface area (Å²) in [6.45, 7) is 3.19. The second-order valence-electron chi connectivity index (χ2n) is 6.23. The van der Waals surface area contributed by atoms with Gasteiger partial charge in [0.05, 0.1) is 12.6 Å². The minimum absolute atomic E-state index is 0. The Morgan fingerprint density at radius 1 is 1.24 bits per heavy atom. The molecule has 0 spiro atoms. The predicted octanol–water partition coefficient (Wildman–Crippen LogP) is 4.79. The highest BCUT2D eigenvalue weighted by Gasteiger charge is 2.33. The van der Waals surface area contributed by atoms with Crippen LogP contribution >= 0.6 is 46.9 Å². The molecule has 0 radical (unpaired) electrons. The van der Waals surface area contributed by atoms with E-state index >= 15 is 0 Å². The molecule has 2 aromatic rings. The lowest BCUT2D eigenvalue weighted by molar-refractivity contribution is -0.140. The predicted molar refractivity (Wildman–Crippen MR) is 123 cm³/mol. The van der Waals surface area contributed by atoms with Gasteiger partial charge in [0.15, 0.2) is 11.7 Å². The minimum Gasteiger partial charge on any atom is -0.357 e. The number of hydrogen-bond acceptors (Lipinski definition) is 4. The molecule has 1 unspecified atom stereocenters. The Morgan fingerprint density at radius 2 is 1.90 bits per heavy atom. The molecular formula is C18H24ClF3IN5S. The number of alkyl halides is 3. The summed E-state index contributed by atoms with van der Waals surface area (Å²) in [6, 6.07) is 7.68. The van der Waals surface area contributed by atoms with Crippen LogP contribution in [0.5, 0.6) is 0 Å². The van der Waals surface area contributed by atoms with Crippen molar-refractivity contribution in [1.29, 1.82) is 0 Å². The summed E-state index contributed by atoms with van der Waals surface area (Å²) >= 11 is 6.91. The van der Waals surface area contributed by atoms with E-state index in [1.54, 1.807) is 0 Å². The van der Waals surface area contributed by atoms with E-state index in [9.17, 15) is 13.2 Å². The van der Waals surface area contributed by atoms with Gasteiger partial charge >= 0.3 is 6.18 Å². The number of aromatic nitrogens is 1. The first kappa shape index (κ1) is 25.9. The van der Waals surface area contributed by atoms with Gasteiger partial charge in [-0.1, -0.05) is 23.7 Å². The number of rotatable bonds is 7. The number of nitrogens with zero attached hydrogens (tertiary/aromatic N) is 3. The molecule has 1 aromatic heterocycles. The van der Waals surface area contributed by atoms with Gasteiger partial charge < -0.3 is 15.5 Å². The van der Waals surface area contributed by atoms with E-state index in [4.69, 9.17) is 11.6 Å². The Bertz CT molecular complexity index is 781. The molecule has 29 heavy (non-hydrogen) atoms. The van der Waals surface area contributed by atoms with E-state index in [1.165, 1.54) is 0 Å². The van der Waals surface area contributed by atoms with Gasteiger partial charge in [-0.2, -0.15) is 13.2 Å². The number of thiazole rings is 1. The fourth-order valence-electron chi connectivity index (χ4n) is 2.48. The zero-order chi connectivity index (χ0) is 20.7. The molecule has 1 aromatic carbocycles. The van der Waals surface area contributed by atoms with Crippen molar-refractivity contribution in [3.8, 4) is 0 Å². The summed E-state index contributed by atoms with van der Waals surface area (Å²) < 4.78 is 38.0. The smallest absolute Gasteiger partial charge is 0.357 e. The van der Waals surface area contributed by atoms with Gasteiger partial charge in [0, 0.05) is 23.5 Å². The minimum atomic E-state index is -4.43. The Kier molecular flexibility index (Phi) is 10.7. The van der Waals surface area contributed by atoms with E-state index in [1.807, 2.05) is 45.3 Å². The maximum atomic E-state index is 12.7. The van der Waals surface area contributed by atoms with E-state index < -0.39 is 11.9 Å². The number of likely N-dealkylation sites (N-methyl/N-ethyl adjacent to an activating group) is 1. The lowest BCUT2D eigenvalue weighted by atomic mass is 10.1. The summed E-state index contributed by atoms with van der Waals surface area (Å²) in [5.74, 6) is 0.520. The van der Waals surface area contributed by atoms with Crippen molar-refractivity contribution in [2.24, 2.45) is 4.99 Å². The third-order valence-corrected chi connectivity index (χ3v) is 4.99. The van der Waals surface area contributed by atoms with Crippen molar-refractivity contribution in [3.63, 3.8) is 0 Å². The fraction of sp³-hybridized carbons (Fsp3) is 0.444. The van der Waals surface area contributed by atoms with Crippen LogP contribution in [0.4, 0.5) is 13.2 Å². The quantitative estimate of drug-likeness (QED) is 0.290. The molecule has 5 nitrogen and oxygen atoms in total. The summed E-state index contributed by atoms with van der Waals surface area (Å²) in [5.41, 5.74) is 0.212. The normalized spacial score (nSPS) is 13.2. The SMILES string of the molecule is CCNC(=NCc1nc(C(F)(F)F)cs1)NCC(c1ccc(Cl)cc1)N(C)C.I. The molecule has 0 saturated heterocycles. The Morgan fingerprint density at radius 3 is 2.41 bits per heavy atom. The van der Waals surface area contributed by atoms with Gasteiger partial charge in [-0.3, -0.25) is 0 Å². The van der Waals surface area contributed by atoms with Crippen molar-refractivity contribution in [1.82, 2.24) is 20.5 Å². The lowest BCUT2D eigenvalue weighted by Crippen LogP contribution is -2.41. The van der Waals surface area contributed by atoms with Gasteiger partial charge in [0.1, 0.15) is 5.01 Å². The van der Waals surface area contributed by atoms with Crippen molar-refractivity contribution in [2.75, 3.05) is 27.2 Å². The molecule has 0 aliphatic carbocycles. The van der Waals surface area contributed by atoms with Crippen LogP contribution in [-0.4, -0.2) is 43.0 Å². The van der Waals surface area contributed by atoms with Crippen LogP contribution < -0.4 is 10.6 Å². The molecule has 0 aliphatic heterocycles. The molecule has 162 valence electrons. The topological polar surface area (TPSA) is 52.6 Å². The van der Waals surface area contributed by atoms with Crippen molar-refractivity contribution >= 4 is 52.9 Å². The van der Waals surface area contributed by atoms with Gasteiger partial charge in [-0.05, 0) is 38.7 Å². The summed E-state index contributed by atoms with van der Waals surface area (Å²) in [7, 11) is 3.94. The molecule has 0 fully saturated rings. The summed E-state index contributed by atoms with van der Waals surface area (Å²) in [5, 5.41) is 8.33. The molecule has 2 rings (SSSR count). The van der Waals surface area contributed by atoms with Crippen LogP contribution in [-0.2, 0) is 12.7 Å². The Hall–Kier alpha value is -1.11. The molecule has 0 saturated carbocycles. The number of aliphatic imine (C=N–C) groups is 1. The van der Waals surface area contributed by atoms with Crippen molar-refractivity contribution < 1.29 is 13.2 Å². The summed E-state index contributed by atoms with van der Waals surface area (Å²) in [4.78, 5) is 10.0. The molecule has 1 atom stereocenters. The highest BCUT2D eigenvalue weighted by atomic mass is 127. The number of nitrogens with one attached hydrogen (secondary N) is 2. The number of halogens is 5. The average molecular weight is 562 g/mol. The maximum Gasteiger partial charge on any atom is 0.434 e. The fourth-order valence-corrected chi connectivity index (χ4v) is 3.33. The van der Waals surface area contributed by atoms with E-state index in [0.717, 1.165) is 22.3 Å². The molecule has 0 amide bonds. The maximum absolute atomic E-state index is 12.7. The molecular weight excluding hydrogens is 538 g/mol. The zero-order valence-corrected chi connectivity index (χ0v) is 20.2. The Labute approximate surface area is 194 Å². The third-order valence-electron chi connectivity index (χ3n) is 3.90. The van der Waals surface area contributed by atoms with Gasteiger partial charge in [0.2, 0.25) is 0 Å². The average Bonchev–Trinajstić information content (AvgIpc) is 3.10. The zero-order valence-electron chi connectivity index (χ0n) is 16.3. The first-order chi connectivity index (χ1) is 13.2. The highest BCUT2D eigenvalue weighted by molar-refractivity contribution is 14.0. The van der Waals surface area contributed by atoms with Crippen LogP contribution in [0.3, 0.4) is 0 Å². The van der Waals surface area contributed by atoms with Crippen molar-refractivity contribution in [3.05, 3.63) is 50.9 Å². The van der Waals surface area contributed by atoms with Crippen LogP contribution in [0, 0.1) is 0 Å². The van der Waals surface area contributed by atoms with Crippen LogP contribution in [0.2, 0.25) is 5.02 Å². The van der Waals surface area contributed by atoms with Crippen molar-refractivity contribution in [2.45, 2.75) is 25.7 Å². The van der Waals surface area contributed by atoms with E-state index in [0.29, 0.717) is 29.1 Å². The highest BCUT2D eigenvalue weighted by Crippen LogP contribution is 2.30. The number of hydrogen-bond donors (Lipinski definition) is 2.